The maximum atomic E-state index is 10.9. The van der Waals surface area contributed by atoms with E-state index in [1.807, 2.05) is 12.1 Å². The van der Waals surface area contributed by atoms with Crippen molar-refractivity contribution in [2.24, 2.45) is 11.8 Å². The van der Waals surface area contributed by atoms with Crippen LogP contribution in [0.4, 0.5) is 5.69 Å². The average Bonchev–Trinajstić information content (AvgIpc) is 2.46. The molecule has 0 aliphatic heterocycles. The van der Waals surface area contributed by atoms with Crippen molar-refractivity contribution in [2.75, 3.05) is 13.1 Å². The van der Waals surface area contributed by atoms with E-state index in [9.17, 15) is 10.1 Å². The number of hydrogen-bond acceptors (Lipinski definition) is 3. The molecule has 0 saturated heterocycles. The molecule has 0 radical (unpaired) electrons. The summed E-state index contributed by atoms with van der Waals surface area (Å²) < 4.78 is 0. The van der Waals surface area contributed by atoms with E-state index < -0.39 is 0 Å². The number of hydrogen-bond donors (Lipinski definition) is 1. The molecule has 0 spiro atoms. The zero-order valence-electron chi connectivity index (χ0n) is 12.2. The summed E-state index contributed by atoms with van der Waals surface area (Å²) in [7, 11) is 0. The largest absolute Gasteiger partial charge is 0.316 e. The third kappa shape index (κ3) is 4.30. The molecule has 0 amide bonds. The molecule has 1 fully saturated rings. The van der Waals surface area contributed by atoms with Crippen molar-refractivity contribution in [3.05, 3.63) is 39.9 Å². The number of para-hydroxylation sites is 1. The Morgan fingerprint density at radius 1 is 1.25 bits per heavy atom. The van der Waals surface area contributed by atoms with Crippen molar-refractivity contribution in [1.29, 1.82) is 0 Å². The van der Waals surface area contributed by atoms with Gasteiger partial charge in [0.15, 0.2) is 0 Å². The highest BCUT2D eigenvalue weighted by Crippen LogP contribution is 2.27. The molecule has 0 heterocycles. The fourth-order valence-corrected chi connectivity index (χ4v) is 2.96. The molecule has 1 aromatic carbocycles. The van der Waals surface area contributed by atoms with Crippen LogP contribution in [0.15, 0.2) is 24.3 Å². The smallest absolute Gasteiger partial charge is 0.272 e. The van der Waals surface area contributed by atoms with Gasteiger partial charge in [0.1, 0.15) is 0 Å². The summed E-state index contributed by atoms with van der Waals surface area (Å²) in [4.78, 5) is 10.6. The van der Waals surface area contributed by atoms with Crippen LogP contribution in [0.3, 0.4) is 0 Å². The standard InChI is InChI=1S/C16H24N2O2/c1-13-6-8-14(9-7-13)12-17-11-10-15-4-2-3-5-16(15)18(19)20/h2-5,13-14,17H,6-12H2,1H3. The second-order valence-electron chi connectivity index (χ2n) is 5.97. The van der Waals surface area contributed by atoms with Crippen molar-refractivity contribution >= 4 is 5.69 Å². The first kappa shape index (κ1) is 15.0. The second kappa shape index (κ2) is 7.39. The first-order chi connectivity index (χ1) is 9.66. The minimum atomic E-state index is -0.294. The van der Waals surface area contributed by atoms with Gasteiger partial charge < -0.3 is 5.32 Å². The van der Waals surface area contributed by atoms with Crippen molar-refractivity contribution in [3.63, 3.8) is 0 Å². The van der Waals surface area contributed by atoms with Crippen molar-refractivity contribution in [2.45, 2.75) is 39.0 Å². The summed E-state index contributed by atoms with van der Waals surface area (Å²) in [6.07, 6.45) is 6.05. The lowest BCUT2D eigenvalue weighted by Gasteiger charge is -2.26. The zero-order chi connectivity index (χ0) is 14.4. The number of nitrogens with one attached hydrogen (secondary N) is 1. The van der Waals surface area contributed by atoms with Gasteiger partial charge in [-0.1, -0.05) is 38.0 Å². The van der Waals surface area contributed by atoms with Crippen LogP contribution in [-0.4, -0.2) is 18.0 Å². The summed E-state index contributed by atoms with van der Waals surface area (Å²) in [5, 5.41) is 14.4. The molecule has 1 aliphatic rings. The molecule has 0 atom stereocenters. The zero-order valence-corrected chi connectivity index (χ0v) is 12.2. The lowest BCUT2D eigenvalue weighted by Crippen LogP contribution is -2.27. The first-order valence-electron chi connectivity index (χ1n) is 7.60. The molecule has 0 aromatic heterocycles. The van der Waals surface area contributed by atoms with Crippen LogP contribution in [0.25, 0.3) is 0 Å². The Morgan fingerprint density at radius 2 is 1.95 bits per heavy atom. The Labute approximate surface area is 120 Å². The van der Waals surface area contributed by atoms with Crippen LogP contribution >= 0.6 is 0 Å². The molecule has 0 unspecified atom stereocenters. The highest BCUT2D eigenvalue weighted by molar-refractivity contribution is 5.39. The Balaban J connectivity index is 1.72. The quantitative estimate of drug-likeness (QED) is 0.491. The van der Waals surface area contributed by atoms with Crippen LogP contribution < -0.4 is 5.32 Å². The minimum Gasteiger partial charge on any atom is -0.316 e. The van der Waals surface area contributed by atoms with Gasteiger partial charge in [-0.15, -0.1) is 0 Å². The number of rotatable bonds is 6. The van der Waals surface area contributed by atoms with Gasteiger partial charge >= 0.3 is 0 Å². The summed E-state index contributed by atoms with van der Waals surface area (Å²) in [5.41, 5.74) is 1.06. The van der Waals surface area contributed by atoms with E-state index in [4.69, 9.17) is 0 Å². The molecule has 2 rings (SSSR count). The molecule has 4 heteroatoms. The van der Waals surface area contributed by atoms with Crippen LogP contribution in [0.2, 0.25) is 0 Å². The van der Waals surface area contributed by atoms with E-state index >= 15 is 0 Å². The maximum Gasteiger partial charge on any atom is 0.272 e. The number of benzene rings is 1. The minimum absolute atomic E-state index is 0.237. The lowest BCUT2D eigenvalue weighted by molar-refractivity contribution is -0.385. The van der Waals surface area contributed by atoms with E-state index in [0.717, 1.165) is 36.9 Å². The van der Waals surface area contributed by atoms with E-state index in [-0.39, 0.29) is 10.6 Å². The van der Waals surface area contributed by atoms with Gasteiger partial charge in [-0.25, -0.2) is 0 Å². The van der Waals surface area contributed by atoms with Crippen LogP contribution in [0.5, 0.6) is 0 Å². The monoisotopic (exact) mass is 276 g/mol. The SMILES string of the molecule is CC1CCC(CNCCc2ccccc2[N+](=O)[O-])CC1. The highest BCUT2D eigenvalue weighted by atomic mass is 16.6. The molecular weight excluding hydrogens is 252 g/mol. The molecule has 110 valence electrons. The van der Waals surface area contributed by atoms with Gasteiger partial charge in [-0.3, -0.25) is 10.1 Å². The Morgan fingerprint density at radius 3 is 2.65 bits per heavy atom. The fourth-order valence-electron chi connectivity index (χ4n) is 2.96. The molecule has 1 saturated carbocycles. The number of nitro benzene ring substituents is 1. The van der Waals surface area contributed by atoms with Gasteiger partial charge in [0.25, 0.3) is 5.69 Å². The Kier molecular flexibility index (Phi) is 5.53. The van der Waals surface area contributed by atoms with E-state index in [1.165, 1.54) is 25.7 Å². The Bertz CT molecular complexity index is 440. The third-order valence-corrected chi connectivity index (χ3v) is 4.33. The first-order valence-corrected chi connectivity index (χ1v) is 7.60. The van der Waals surface area contributed by atoms with Gasteiger partial charge in [0.2, 0.25) is 0 Å². The summed E-state index contributed by atoms with van der Waals surface area (Å²) in [6, 6.07) is 7.02. The normalized spacial score (nSPS) is 22.6. The maximum absolute atomic E-state index is 10.9. The van der Waals surface area contributed by atoms with E-state index in [0.29, 0.717) is 0 Å². The van der Waals surface area contributed by atoms with Crippen LogP contribution in [0.1, 0.15) is 38.2 Å². The number of nitro groups is 1. The predicted octanol–water partition coefficient (Wildman–Crippen LogP) is 3.55. The fraction of sp³-hybridized carbons (Fsp3) is 0.625. The highest BCUT2D eigenvalue weighted by Gasteiger charge is 2.17. The molecule has 1 aromatic rings. The summed E-state index contributed by atoms with van der Waals surface area (Å²) in [5.74, 6) is 1.68. The molecule has 0 bridgehead atoms. The topological polar surface area (TPSA) is 55.2 Å². The van der Waals surface area contributed by atoms with Gasteiger partial charge in [-0.05, 0) is 44.2 Å². The van der Waals surface area contributed by atoms with Crippen LogP contribution in [-0.2, 0) is 6.42 Å². The van der Waals surface area contributed by atoms with E-state index in [1.54, 1.807) is 12.1 Å². The molecular formula is C16H24N2O2. The van der Waals surface area contributed by atoms with Gasteiger partial charge in [-0.2, -0.15) is 0 Å². The van der Waals surface area contributed by atoms with Gasteiger partial charge in [0.05, 0.1) is 4.92 Å². The van der Waals surface area contributed by atoms with Crippen molar-refractivity contribution in [1.82, 2.24) is 5.32 Å². The molecule has 20 heavy (non-hydrogen) atoms. The molecule has 1 N–H and O–H groups in total. The van der Waals surface area contributed by atoms with Crippen molar-refractivity contribution in [3.8, 4) is 0 Å². The lowest BCUT2D eigenvalue weighted by atomic mass is 9.83. The van der Waals surface area contributed by atoms with Crippen LogP contribution in [0, 0.1) is 22.0 Å². The predicted molar refractivity (Wildman–Crippen MR) is 80.8 cm³/mol. The van der Waals surface area contributed by atoms with E-state index in [2.05, 4.69) is 12.2 Å². The van der Waals surface area contributed by atoms with Crippen molar-refractivity contribution < 1.29 is 4.92 Å². The molecule has 1 aliphatic carbocycles. The third-order valence-electron chi connectivity index (χ3n) is 4.33. The summed E-state index contributed by atoms with van der Waals surface area (Å²) in [6.45, 7) is 4.20. The molecule has 4 nitrogen and oxygen atoms in total. The summed E-state index contributed by atoms with van der Waals surface area (Å²) >= 11 is 0. The van der Waals surface area contributed by atoms with Gasteiger partial charge in [0, 0.05) is 11.6 Å². The second-order valence-corrected chi connectivity index (χ2v) is 5.97. The Hall–Kier alpha value is -1.42. The average molecular weight is 276 g/mol. The number of nitrogens with zero attached hydrogens (tertiary/aromatic N) is 1.